The van der Waals surface area contributed by atoms with Crippen molar-refractivity contribution in [2.24, 2.45) is 7.05 Å². The Balaban J connectivity index is 1.34. The van der Waals surface area contributed by atoms with E-state index in [-0.39, 0.29) is 5.91 Å². The fourth-order valence-electron chi connectivity index (χ4n) is 5.52. The van der Waals surface area contributed by atoms with Gasteiger partial charge in [-0.1, -0.05) is 31.2 Å². The van der Waals surface area contributed by atoms with Crippen LogP contribution < -0.4 is 0 Å². The smallest absolute Gasteiger partial charge is 0.274 e. The molecule has 1 atom stereocenters. The molecule has 3 heterocycles. The molecule has 1 fully saturated rings. The molecular formula is C24H33N5O. The van der Waals surface area contributed by atoms with E-state index < -0.39 is 0 Å². The van der Waals surface area contributed by atoms with Crippen molar-refractivity contribution in [3.63, 3.8) is 0 Å². The molecule has 160 valence electrons. The number of carbonyl (C=O) groups excluding carboxylic acids is 1. The van der Waals surface area contributed by atoms with Gasteiger partial charge in [0.05, 0.1) is 0 Å². The minimum Gasteiger partial charge on any atom is -0.333 e. The van der Waals surface area contributed by atoms with Crippen LogP contribution in [0.2, 0.25) is 0 Å². The molecule has 1 aromatic heterocycles. The minimum atomic E-state index is 0.109. The van der Waals surface area contributed by atoms with Gasteiger partial charge in [-0.25, -0.2) is 0 Å². The fourth-order valence-corrected chi connectivity index (χ4v) is 5.52. The molecular weight excluding hydrogens is 374 g/mol. The first-order valence-corrected chi connectivity index (χ1v) is 11.5. The number of fused-ring (bicyclic) bond motifs is 2. The van der Waals surface area contributed by atoms with Crippen molar-refractivity contribution in [2.45, 2.75) is 45.2 Å². The van der Waals surface area contributed by atoms with E-state index in [9.17, 15) is 4.79 Å². The molecule has 0 saturated carbocycles. The van der Waals surface area contributed by atoms with E-state index in [4.69, 9.17) is 5.10 Å². The summed E-state index contributed by atoms with van der Waals surface area (Å²) in [6.07, 6.45) is 4.08. The van der Waals surface area contributed by atoms with Gasteiger partial charge in [0.15, 0.2) is 5.69 Å². The number of nitrogens with zero attached hydrogens (tertiary/aromatic N) is 5. The van der Waals surface area contributed by atoms with E-state index in [2.05, 4.69) is 41.0 Å². The lowest BCUT2D eigenvalue weighted by molar-refractivity contribution is 0.0723. The molecule has 6 nitrogen and oxygen atoms in total. The van der Waals surface area contributed by atoms with Crippen LogP contribution >= 0.6 is 0 Å². The third-order valence-electron chi connectivity index (χ3n) is 7.42. The molecule has 1 amide bonds. The zero-order chi connectivity index (χ0) is 20.7. The van der Waals surface area contributed by atoms with Crippen molar-refractivity contribution >= 4 is 5.91 Å². The Hall–Kier alpha value is -2.18. The molecule has 5 rings (SSSR count). The monoisotopic (exact) mass is 407 g/mol. The first kappa shape index (κ1) is 19.8. The number of benzene rings is 1. The Morgan fingerprint density at radius 1 is 1.07 bits per heavy atom. The molecule has 0 radical (unpaired) electrons. The van der Waals surface area contributed by atoms with E-state index in [1.54, 1.807) is 0 Å². The third kappa shape index (κ3) is 3.56. The highest BCUT2D eigenvalue weighted by atomic mass is 16.2. The molecule has 1 saturated heterocycles. The molecule has 0 spiro atoms. The Morgan fingerprint density at radius 2 is 1.83 bits per heavy atom. The maximum Gasteiger partial charge on any atom is 0.274 e. The van der Waals surface area contributed by atoms with Crippen LogP contribution in [0.25, 0.3) is 0 Å². The molecule has 30 heavy (non-hydrogen) atoms. The Morgan fingerprint density at radius 3 is 2.60 bits per heavy atom. The molecule has 6 heteroatoms. The van der Waals surface area contributed by atoms with Gasteiger partial charge in [-0.2, -0.15) is 5.10 Å². The molecule has 3 aliphatic rings. The van der Waals surface area contributed by atoms with Crippen LogP contribution in [-0.4, -0.2) is 75.7 Å². The van der Waals surface area contributed by atoms with Gasteiger partial charge in [-0.15, -0.1) is 0 Å². The summed E-state index contributed by atoms with van der Waals surface area (Å²) in [4.78, 5) is 20.7. The lowest BCUT2D eigenvalue weighted by atomic mass is 9.89. The lowest BCUT2D eigenvalue weighted by Gasteiger charge is -2.40. The van der Waals surface area contributed by atoms with Gasteiger partial charge in [0.25, 0.3) is 5.91 Å². The average Bonchev–Trinajstić information content (AvgIpc) is 3.14. The minimum absolute atomic E-state index is 0.109. The van der Waals surface area contributed by atoms with Crippen molar-refractivity contribution < 1.29 is 4.79 Å². The van der Waals surface area contributed by atoms with Gasteiger partial charge in [0.1, 0.15) is 0 Å². The summed E-state index contributed by atoms with van der Waals surface area (Å²) in [6.45, 7) is 9.46. The van der Waals surface area contributed by atoms with Gasteiger partial charge < -0.3 is 9.80 Å². The second kappa shape index (κ2) is 8.16. The molecule has 2 aromatic rings. The summed E-state index contributed by atoms with van der Waals surface area (Å²) in [6, 6.07) is 9.02. The van der Waals surface area contributed by atoms with Crippen LogP contribution in [0.3, 0.4) is 0 Å². The summed E-state index contributed by atoms with van der Waals surface area (Å²) in [5.41, 5.74) is 5.81. The van der Waals surface area contributed by atoms with Gasteiger partial charge in [-0.3, -0.25) is 14.4 Å². The molecule has 1 aliphatic carbocycles. The van der Waals surface area contributed by atoms with E-state index in [0.29, 0.717) is 18.3 Å². The second-order valence-corrected chi connectivity index (χ2v) is 9.01. The van der Waals surface area contributed by atoms with Crippen LogP contribution in [0.4, 0.5) is 0 Å². The standard InChI is InChI=1S/C24H33N5O/c1-3-27-12-14-28(15-13-27)20-8-9-22-21(16-20)23(25-26(22)2)24(30)29-11-10-18-6-4-5-7-19(18)17-29/h4-7,20H,3,8-17H2,1-2H3. The van der Waals surface area contributed by atoms with E-state index in [1.165, 1.54) is 28.8 Å². The first-order chi connectivity index (χ1) is 14.6. The van der Waals surface area contributed by atoms with Crippen molar-refractivity contribution in [2.75, 3.05) is 39.3 Å². The van der Waals surface area contributed by atoms with Crippen molar-refractivity contribution in [1.29, 1.82) is 0 Å². The van der Waals surface area contributed by atoms with E-state index in [0.717, 1.165) is 58.5 Å². The number of hydrogen-bond donors (Lipinski definition) is 0. The third-order valence-corrected chi connectivity index (χ3v) is 7.42. The van der Waals surface area contributed by atoms with E-state index >= 15 is 0 Å². The highest BCUT2D eigenvalue weighted by Crippen LogP contribution is 2.29. The average molecular weight is 408 g/mol. The summed E-state index contributed by atoms with van der Waals surface area (Å²) in [5.74, 6) is 0.109. The number of aryl methyl sites for hydroxylation is 1. The van der Waals surface area contributed by atoms with Crippen molar-refractivity contribution in [1.82, 2.24) is 24.5 Å². The topological polar surface area (TPSA) is 44.6 Å². The largest absolute Gasteiger partial charge is 0.333 e. The number of piperazine rings is 1. The first-order valence-electron chi connectivity index (χ1n) is 11.5. The Bertz CT molecular complexity index is 928. The predicted molar refractivity (Wildman–Crippen MR) is 118 cm³/mol. The molecule has 1 unspecified atom stereocenters. The highest BCUT2D eigenvalue weighted by Gasteiger charge is 2.34. The maximum absolute atomic E-state index is 13.5. The van der Waals surface area contributed by atoms with Crippen molar-refractivity contribution in [3.05, 3.63) is 52.3 Å². The Kier molecular flexibility index (Phi) is 5.37. The van der Waals surface area contributed by atoms with Crippen LogP contribution in [0, 0.1) is 0 Å². The van der Waals surface area contributed by atoms with E-state index in [1.807, 2.05) is 16.6 Å². The van der Waals surface area contributed by atoms with Gasteiger partial charge >= 0.3 is 0 Å². The summed E-state index contributed by atoms with van der Waals surface area (Å²) in [7, 11) is 2.00. The van der Waals surface area contributed by atoms with Crippen LogP contribution in [0.5, 0.6) is 0 Å². The molecule has 0 N–H and O–H groups in total. The van der Waals surface area contributed by atoms with Crippen LogP contribution in [-0.2, 0) is 32.9 Å². The molecule has 2 aliphatic heterocycles. The number of hydrogen-bond acceptors (Lipinski definition) is 4. The van der Waals surface area contributed by atoms with Crippen LogP contribution in [0.15, 0.2) is 24.3 Å². The summed E-state index contributed by atoms with van der Waals surface area (Å²) < 4.78 is 1.96. The molecule has 1 aromatic carbocycles. The maximum atomic E-state index is 13.5. The lowest BCUT2D eigenvalue weighted by Crippen LogP contribution is -2.51. The summed E-state index contributed by atoms with van der Waals surface area (Å²) >= 11 is 0. The second-order valence-electron chi connectivity index (χ2n) is 9.01. The predicted octanol–water partition coefficient (Wildman–Crippen LogP) is 2.11. The number of amides is 1. The number of likely N-dealkylation sites (N-methyl/N-ethyl adjacent to an activating group) is 1. The van der Waals surface area contributed by atoms with Crippen molar-refractivity contribution in [3.8, 4) is 0 Å². The number of carbonyl (C=O) groups is 1. The SMILES string of the molecule is CCN1CCN(C2CCc3c(c(C(=O)N4CCc5ccccc5C4)nn3C)C2)CC1. The molecule has 0 bridgehead atoms. The summed E-state index contributed by atoms with van der Waals surface area (Å²) in [5, 5.41) is 4.73. The van der Waals surface area contributed by atoms with Gasteiger partial charge in [0.2, 0.25) is 0 Å². The zero-order valence-corrected chi connectivity index (χ0v) is 18.3. The fraction of sp³-hybridized carbons (Fsp3) is 0.583. The zero-order valence-electron chi connectivity index (χ0n) is 18.3. The van der Waals surface area contributed by atoms with Gasteiger partial charge in [-0.05, 0) is 43.4 Å². The number of aromatic nitrogens is 2. The van der Waals surface area contributed by atoms with Crippen LogP contribution in [0.1, 0.15) is 46.2 Å². The van der Waals surface area contributed by atoms with Gasteiger partial charge in [0, 0.05) is 63.6 Å². The number of rotatable bonds is 3. The quantitative estimate of drug-likeness (QED) is 0.782. The normalized spacial score (nSPS) is 22.6. The Labute approximate surface area is 179 Å². The highest BCUT2D eigenvalue weighted by molar-refractivity contribution is 5.94.